The molecular formula is C16H21BrFNO. The summed E-state index contributed by atoms with van der Waals surface area (Å²) >= 11 is 3.10. The van der Waals surface area contributed by atoms with Crippen molar-refractivity contribution in [1.29, 1.82) is 0 Å². The summed E-state index contributed by atoms with van der Waals surface area (Å²) in [6, 6.07) is 4.35. The van der Waals surface area contributed by atoms with Crippen LogP contribution in [-0.4, -0.2) is 12.5 Å². The minimum atomic E-state index is -0.348. The lowest BCUT2D eigenvalue weighted by molar-refractivity contribution is 0.0941. The van der Waals surface area contributed by atoms with Crippen molar-refractivity contribution in [2.24, 2.45) is 11.8 Å². The van der Waals surface area contributed by atoms with Gasteiger partial charge in [0.05, 0.1) is 4.47 Å². The summed E-state index contributed by atoms with van der Waals surface area (Å²) in [7, 11) is 0. The molecule has 1 saturated carbocycles. The van der Waals surface area contributed by atoms with E-state index in [4.69, 9.17) is 0 Å². The minimum Gasteiger partial charge on any atom is -0.352 e. The Labute approximate surface area is 128 Å². The highest BCUT2D eigenvalue weighted by atomic mass is 79.9. The van der Waals surface area contributed by atoms with E-state index in [1.54, 1.807) is 0 Å². The normalized spacial score (nSPS) is 22.6. The largest absolute Gasteiger partial charge is 0.352 e. The Balaban J connectivity index is 1.82. The van der Waals surface area contributed by atoms with Crippen molar-refractivity contribution in [3.63, 3.8) is 0 Å². The van der Waals surface area contributed by atoms with E-state index in [-0.39, 0.29) is 11.7 Å². The number of carbonyl (C=O) groups excluding carboxylic acids is 1. The Bertz CT molecular complexity index is 470. The first-order valence-corrected chi connectivity index (χ1v) is 8.12. The molecule has 20 heavy (non-hydrogen) atoms. The molecule has 0 spiro atoms. The summed E-state index contributed by atoms with van der Waals surface area (Å²) in [5, 5.41) is 2.97. The number of nitrogens with one attached hydrogen (secondary N) is 1. The molecule has 1 amide bonds. The van der Waals surface area contributed by atoms with Gasteiger partial charge in [0.25, 0.3) is 5.91 Å². The molecule has 0 aromatic heterocycles. The molecule has 0 heterocycles. The Morgan fingerprint density at radius 3 is 2.55 bits per heavy atom. The second-order valence-electron chi connectivity index (χ2n) is 5.63. The predicted molar refractivity (Wildman–Crippen MR) is 82.2 cm³/mol. The third-order valence-electron chi connectivity index (χ3n) is 4.28. The summed E-state index contributed by atoms with van der Waals surface area (Å²) < 4.78 is 13.5. The molecule has 110 valence electrons. The van der Waals surface area contributed by atoms with Crippen LogP contribution in [0.25, 0.3) is 0 Å². The molecular weight excluding hydrogens is 321 g/mol. The fraction of sp³-hybridized carbons (Fsp3) is 0.562. The van der Waals surface area contributed by atoms with Gasteiger partial charge in [0.15, 0.2) is 0 Å². The summed E-state index contributed by atoms with van der Waals surface area (Å²) in [4.78, 5) is 12.0. The maximum Gasteiger partial charge on any atom is 0.251 e. The van der Waals surface area contributed by atoms with E-state index in [9.17, 15) is 9.18 Å². The van der Waals surface area contributed by atoms with Crippen LogP contribution in [0.3, 0.4) is 0 Å². The zero-order chi connectivity index (χ0) is 14.5. The maximum atomic E-state index is 13.1. The highest BCUT2D eigenvalue weighted by Crippen LogP contribution is 2.30. The van der Waals surface area contributed by atoms with Gasteiger partial charge in [0.2, 0.25) is 0 Å². The molecule has 0 atom stereocenters. The van der Waals surface area contributed by atoms with E-state index in [0.29, 0.717) is 16.0 Å². The molecule has 0 bridgehead atoms. The number of amides is 1. The van der Waals surface area contributed by atoms with Crippen LogP contribution < -0.4 is 5.32 Å². The lowest BCUT2D eigenvalue weighted by atomic mass is 9.81. The van der Waals surface area contributed by atoms with Gasteiger partial charge in [-0.3, -0.25) is 4.79 Å². The van der Waals surface area contributed by atoms with Crippen LogP contribution in [0.5, 0.6) is 0 Å². The summed E-state index contributed by atoms with van der Waals surface area (Å²) in [6.45, 7) is 2.98. The van der Waals surface area contributed by atoms with Crippen molar-refractivity contribution >= 4 is 21.8 Å². The Morgan fingerprint density at radius 2 is 1.95 bits per heavy atom. The van der Waals surface area contributed by atoms with Crippen LogP contribution in [0.2, 0.25) is 0 Å². The topological polar surface area (TPSA) is 29.1 Å². The van der Waals surface area contributed by atoms with E-state index in [1.165, 1.54) is 50.3 Å². The number of rotatable bonds is 4. The monoisotopic (exact) mass is 341 g/mol. The molecule has 0 unspecified atom stereocenters. The molecule has 2 nitrogen and oxygen atoms in total. The van der Waals surface area contributed by atoms with E-state index >= 15 is 0 Å². The summed E-state index contributed by atoms with van der Waals surface area (Å²) in [5.74, 6) is 0.989. The SMILES string of the molecule is CCC1CCC(CNC(=O)c2ccc(F)c(Br)c2)CC1. The molecule has 1 N–H and O–H groups in total. The Kier molecular flexibility index (Phi) is 5.58. The zero-order valence-electron chi connectivity index (χ0n) is 11.8. The smallest absolute Gasteiger partial charge is 0.251 e. The molecule has 2 rings (SSSR count). The van der Waals surface area contributed by atoms with Crippen LogP contribution in [0, 0.1) is 17.7 Å². The van der Waals surface area contributed by atoms with Crippen molar-refractivity contribution in [2.75, 3.05) is 6.54 Å². The number of benzene rings is 1. The van der Waals surface area contributed by atoms with Crippen LogP contribution in [0.15, 0.2) is 22.7 Å². The molecule has 0 radical (unpaired) electrons. The lowest BCUT2D eigenvalue weighted by Crippen LogP contribution is -2.31. The number of hydrogen-bond donors (Lipinski definition) is 1. The second kappa shape index (κ2) is 7.21. The number of halogens is 2. The Hall–Kier alpha value is -0.900. The molecule has 1 aromatic carbocycles. The van der Waals surface area contributed by atoms with Crippen LogP contribution in [0.1, 0.15) is 49.4 Å². The minimum absolute atomic E-state index is 0.122. The van der Waals surface area contributed by atoms with Gasteiger partial charge in [0, 0.05) is 12.1 Å². The van der Waals surface area contributed by atoms with Crippen LogP contribution in [0.4, 0.5) is 4.39 Å². The first kappa shape index (κ1) is 15.5. The first-order valence-electron chi connectivity index (χ1n) is 7.33. The quantitative estimate of drug-likeness (QED) is 0.856. The van der Waals surface area contributed by atoms with Crippen molar-refractivity contribution in [3.05, 3.63) is 34.1 Å². The Morgan fingerprint density at radius 1 is 1.30 bits per heavy atom. The van der Waals surface area contributed by atoms with Gasteiger partial charge in [0.1, 0.15) is 5.82 Å². The molecule has 1 aliphatic rings. The van der Waals surface area contributed by atoms with E-state index in [1.807, 2.05) is 0 Å². The molecule has 0 aliphatic heterocycles. The molecule has 1 aromatic rings. The van der Waals surface area contributed by atoms with E-state index < -0.39 is 0 Å². The van der Waals surface area contributed by atoms with Gasteiger partial charge >= 0.3 is 0 Å². The van der Waals surface area contributed by atoms with Gasteiger partial charge in [-0.15, -0.1) is 0 Å². The number of hydrogen-bond acceptors (Lipinski definition) is 1. The number of carbonyl (C=O) groups is 1. The van der Waals surface area contributed by atoms with Gasteiger partial charge in [-0.2, -0.15) is 0 Å². The third kappa shape index (κ3) is 4.05. The van der Waals surface area contributed by atoms with Crippen molar-refractivity contribution in [2.45, 2.75) is 39.0 Å². The van der Waals surface area contributed by atoms with Crippen molar-refractivity contribution in [3.8, 4) is 0 Å². The fourth-order valence-electron chi connectivity index (χ4n) is 2.82. The van der Waals surface area contributed by atoms with Gasteiger partial charge in [-0.1, -0.05) is 26.2 Å². The van der Waals surface area contributed by atoms with E-state index in [0.717, 1.165) is 12.5 Å². The standard InChI is InChI=1S/C16H21BrFNO/c1-2-11-3-5-12(6-4-11)10-19-16(20)13-7-8-15(18)14(17)9-13/h7-9,11-12H,2-6,10H2,1H3,(H,19,20). The van der Waals surface area contributed by atoms with Crippen LogP contribution in [-0.2, 0) is 0 Å². The van der Waals surface area contributed by atoms with Gasteiger partial charge in [-0.25, -0.2) is 4.39 Å². The molecule has 4 heteroatoms. The first-order chi connectivity index (χ1) is 9.60. The summed E-state index contributed by atoms with van der Waals surface area (Å²) in [6.07, 6.45) is 6.22. The molecule has 1 aliphatic carbocycles. The zero-order valence-corrected chi connectivity index (χ0v) is 13.4. The van der Waals surface area contributed by atoms with Gasteiger partial charge in [-0.05, 0) is 58.8 Å². The van der Waals surface area contributed by atoms with Crippen molar-refractivity contribution in [1.82, 2.24) is 5.32 Å². The van der Waals surface area contributed by atoms with Crippen LogP contribution >= 0.6 is 15.9 Å². The van der Waals surface area contributed by atoms with Crippen molar-refractivity contribution < 1.29 is 9.18 Å². The summed E-state index contributed by atoms with van der Waals surface area (Å²) in [5.41, 5.74) is 0.500. The highest BCUT2D eigenvalue weighted by molar-refractivity contribution is 9.10. The fourth-order valence-corrected chi connectivity index (χ4v) is 3.20. The van der Waals surface area contributed by atoms with E-state index in [2.05, 4.69) is 28.2 Å². The molecule has 0 saturated heterocycles. The molecule has 1 fully saturated rings. The highest BCUT2D eigenvalue weighted by Gasteiger charge is 2.20. The average molecular weight is 342 g/mol. The second-order valence-corrected chi connectivity index (χ2v) is 6.49. The average Bonchev–Trinajstić information content (AvgIpc) is 2.48. The maximum absolute atomic E-state index is 13.1. The predicted octanol–water partition coefficient (Wildman–Crippen LogP) is 4.53. The van der Waals surface area contributed by atoms with Gasteiger partial charge < -0.3 is 5.32 Å². The third-order valence-corrected chi connectivity index (χ3v) is 4.88. The lowest BCUT2D eigenvalue weighted by Gasteiger charge is -2.27.